The lowest BCUT2D eigenvalue weighted by Crippen LogP contribution is -2.49. The first-order valence-electron chi connectivity index (χ1n) is 9.03. The highest BCUT2D eigenvalue weighted by molar-refractivity contribution is 5.71. The molecule has 2 heterocycles. The van der Waals surface area contributed by atoms with Gasteiger partial charge < -0.3 is 15.2 Å². The Hall–Kier alpha value is -2.24. The first-order chi connectivity index (χ1) is 12.1. The standard InChI is InChI=1S/C20H27FN2O3/c1-19(2,3)26-18(24)23-10-7-5-6-9-20(23,4)15-16(21)14(22)12-13-8-11-25-17(13)15/h5,7,12H,6,8-11,22H2,1-4H3. The SMILES string of the molecule is CC(C)(C)OC(=O)N1CC=CCCC1(C)c1c(F)c(N)cc2c1OCC2. The zero-order valence-electron chi connectivity index (χ0n) is 15.9. The Kier molecular flexibility index (Phi) is 4.63. The number of nitrogens with zero attached hydrogens (tertiary/aromatic N) is 1. The molecule has 0 spiro atoms. The third-order valence-electron chi connectivity index (χ3n) is 4.94. The second-order valence-corrected chi connectivity index (χ2v) is 8.12. The number of benzene rings is 1. The molecule has 1 aromatic rings. The minimum Gasteiger partial charge on any atom is -0.492 e. The number of nitrogens with two attached hydrogens (primary N) is 1. The maximum atomic E-state index is 15.2. The molecule has 26 heavy (non-hydrogen) atoms. The van der Waals surface area contributed by atoms with Crippen molar-refractivity contribution in [1.29, 1.82) is 0 Å². The van der Waals surface area contributed by atoms with E-state index in [1.54, 1.807) is 11.0 Å². The van der Waals surface area contributed by atoms with Crippen molar-refractivity contribution < 1.29 is 18.7 Å². The minimum atomic E-state index is -0.917. The Labute approximate surface area is 153 Å². The molecule has 1 atom stereocenters. The van der Waals surface area contributed by atoms with Gasteiger partial charge in [0, 0.05) is 18.5 Å². The molecule has 0 aliphatic carbocycles. The van der Waals surface area contributed by atoms with Crippen molar-refractivity contribution in [2.45, 2.75) is 58.1 Å². The van der Waals surface area contributed by atoms with E-state index in [1.165, 1.54) is 0 Å². The average Bonchev–Trinajstić information content (AvgIpc) is 2.87. The number of carbonyl (C=O) groups excluding carboxylic acids is 1. The van der Waals surface area contributed by atoms with Gasteiger partial charge in [0.1, 0.15) is 11.4 Å². The second kappa shape index (κ2) is 6.49. The maximum Gasteiger partial charge on any atom is 0.411 e. The summed E-state index contributed by atoms with van der Waals surface area (Å²) in [5.41, 5.74) is 5.73. The van der Waals surface area contributed by atoms with Crippen molar-refractivity contribution in [3.8, 4) is 5.75 Å². The average molecular weight is 362 g/mol. The highest BCUT2D eigenvalue weighted by atomic mass is 19.1. The van der Waals surface area contributed by atoms with Crippen LogP contribution in [0.4, 0.5) is 14.9 Å². The van der Waals surface area contributed by atoms with Crippen LogP contribution in [0.15, 0.2) is 18.2 Å². The number of carbonyl (C=O) groups is 1. The molecule has 0 saturated carbocycles. The zero-order valence-corrected chi connectivity index (χ0v) is 15.9. The molecule has 0 radical (unpaired) electrons. The minimum absolute atomic E-state index is 0.0896. The molecule has 0 aromatic heterocycles. The predicted molar refractivity (Wildman–Crippen MR) is 98.7 cm³/mol. The highest BCUT2D eigenvalue weighted by Gasteiger charge is 2.44. The number of anilines is 1. The lowest BCUT2D eigenvalue weighted by molar-refractivity contribution is 0.000485. The van der Waals surface area contributed by atoms with Crippen LogP contribution >= 0.6 is 0 Å². The molecular weight excluding hydrogens is 335 g/mol. The Morgan fingerprint density at radius 3 is 2.81 bits per heavy atom. The molecule has 1 amide bonds. The van der Waals surface area contributed by atoms with Crippen molar-refractivity contribution in [2.24, 2.45) is 0 Å². The Morgan fingerprint density at radius 2 is 2.12 bits per heavy atom. The molecule has 5 nitrogen and oxygen atoms in total. The molecule has 0 fully saturated rings. The Morgan fingerprint density at radius 1 is 1.38 bits per heavy atom. The van der Waals surface area contributed by atoms with Crippen LogP contribution in [-0.4, -0.2) is 29.7 Å². The van der Waals surface area contributed by atoms with Gasteiger partial charge in [-0.3, -0.25) is 4.90 Å². The van der Waals surface area contributed by atoms with Crippen LogP contribution in [0.1, 0.15) is 51.7 Å². The molecule has 0 bridgehead atoms. The Balaban J connectivity index is 2.12. The number of hydrogen-bond donors (Lipinski definition) is 1. The summed E-state index contributed by atoms with van der Waals surface area (Å²) in [5.74, 6) is 0.0123. The molecule has 2 aliphatic heterocycles. The molecule has 142 valence electrons. The van der Waals surface area contributed by atoms with Crippen molar-refractivity contribution in [3.05, 3.63) is 35.2 Å². The summed E-state index contributed by atoms with van der Waals surface area (Å²) in [5, 5.41) is 0. The fraction of sp³-hybridized carbons (Fsp3) is 0.550. The van der Waals surface area contributed by atoms with Crippen LogP contribution in [-0.2, 0) is 16.7 Å². The van der Waals surface area contributed by atoms with E-state index in [4.69, 9.17) is 15.2 Å². The normalized spacial score (nSPS) is 22.6. The Bertz CT molecular complexity index is 754. The number of ether oxygens (including phenoxy) is 2. The van der Waals surface area contributed by atoms with E-state index in [0.29, 0.717) is 37.3 Å². The molecule has 1 unspecified atom stereocenters. The predicted octanol–water partition coefficient (Wildman–Crippen LogP) is 4.15. The van der Waals surface area contributed by atoms with Gasteiger partial charge in [0.15, 0.2) is 5.82 Å². The van der Waals surface area contributed by atoms with Crippen LogP contribution in [0.3, 0.4) is 0 Å². The molecule has 3 rings (SSSR count). The zero-order chi connectivity index (χ0) is 19.1. The van der Waals surface area contributed by atoms with Gasteiger partial charge in [-0.1, -0.05) is 12.2 Å². The van der Waals surface area contributed by atoms with Crippen LogP contribution in [0.25, 0.3) is 0 Å². The van der Waals surface area contributed by atoms with Gasteiger partial charge in [-0.25, -0.2) is 9.18 Å². The largest absolute Gasteiger partial charge is 0.492 e. The second-order valence-electron chi connectivity index (χ2n) is 8.12. The summed E-state index contributed by atoms with van der Waals surface area (Å²) in [6, 6.07) is 1.64. The van der Waals surface area contributed by atoms with Gasteiger partial charge in [-0.15, -0.1) is 0 Å². The van der Waals surface area contributed by atoms with Gasteiger partial charge in [0.05, 0.1) is 23.4 Å². The lowest BCUT2D eigenvalue weighted by atomic mass is 9.83. The topological polar surface area (TPSA) is 64.8 Å². The molecule has 1 aromatic carbocycles. The van der Waals surface area contributed by atoms with Gasteiger partial charge >= 0.3 is 6.09 Å². The van der Waals surface area contributed by atoms with E-state index in [1.807, 2.05) is 39.8 Å². The number of amides is 1. The van der Waals surface area contributed by atoms with E-state index < -0.39 is 23.1 Å². The smallest absolute Gasteiger partial charge is 0.411 e. The van der Waals surface area contributed by atoms with Crippen LogP contribution in [0.5, 0.6) is 5.75 Å². The third kappa shape index (κ3) is 3.24. The van der Waals surface area contributed by atoms with Crippen molar-refractivity contribution in [3.63, 3.8) is 0 Å². The van der Waals surface area contributed by atoms with Crippen LogP contribution in [0, 0.1) is 5.82 Å². The number of rotatable bonds is 1. The van der Waals surface area contributed by atoms with Gasteiger partial charge in [-0.2, -0.15) is 0 Å². The molecule has 2 aliphatic rings. The molecule has 0 saturated heterocycles. The maximum absolute atomic E-state index is 15.2. The first-order valence-corrected chi connectivity index (χ1v) is 9.03. The van der Waals surface area contributed by atoms with Crippen molar-refractivity contribution in [1.82, 2.24) is 4.90 Å². The van der Waals surface area contributed by atoms with E-state index in [2.05, 4.69) is 0 Å². The third-order valence-corrected chi connectivity index (χ3v) is 4.94. The summed E-state index contributed by atoms with van der Waals surface area (Å²) >= 11 is 0. The summed E-state index contributed by atoms with van der Waals surface area (Å²) in [6.07, 6.45) is 5.42. The fourth-order valence-electron chi connectivity index (χ4n) is 3.67. The summed E-state index contributed by atoms with van der Waals surface area (Å²) in [6.45, 7) is 8.15. The summed E-state index contributed by atoms with van der Waals surface area (Å²) in [7, 11) is 0. The van der Waals surface area contributed by atoms with Crippen LogP contribution < -0.4 is 10.5 Å². The first kappa shape index (κ1) is 18.5. The van der Waals surface area contributed by atoms with E-state index in [0.717, 1.165) is 12.0 Å². The summed E-state index contributed by atoms with van der Waals surface area (Å²) in [4.78, 5) is 14.5. The van der Waals surface area contributed by atoms with Crippen molar-refractivity contribution >= 4 is 11.8 Å². The van der Waals surface area contributed by atoms with Gasteiger partial charge in [0.2, 0.25) is 0 Å². The van der Waals surface area contributed by atoms with Gasteiger partial charge in [-0.05, 0) is 46.6 Å². The quantitative estimate of drug-likeness (QED) is 0.602. The molecule has 2 N–H and O–H groups in total. The van der Waals surface area contributed by atoms with E-state index >= 15 is 4.39 Å². The number of nitrogen functional groups attached to an aromatic ring is 1. The van der Waals surface area contributed by atoms with Crippen LogP contribution in [0.2, 0.25) is 0 Å². The van der Waals surface area contributed by atoms with E-state index in [9.17, 15) is 4.79 Å². The highest BCUT2D eigenvalue weighted by Crippen LogP contribution is 2.46. The fourth-order valence-corrected chi connectivity index (χ4v) is 3.67. The van der Waals surface area contributed by atoms with E-state index in [-0.39, 0.29) is 5.69 Å². The lowest BCUT2D eigenvalue weighted by Gasteiger charge is -2.41. The number of hydrogen-bond acceptors (Lipinski definition) is 4. The number of allylic oxidation sites excluding steroid dienone is 1. The molecule has 6 heteroatoms. The van der Waals surface area contributed by atoms with Crippen molar-refractivity contribution in [2.75, 3.05) is 18.9 Å². The van der Waals surface area contributed by atoms with Gasteiger partial charge in [0.25, 0.3) is 0 Å². The molecular formula is C20H27FN2O3. The summed E-state index contributed by atoms with van der Waals surface area (Å²) < 4.78 is 26.5. The number of fused-ring (bicyclic) bond motifs is 1. The monoisotopic (exact) mass is 362 g/mol. The number of halogens is 1.